The highest BCUT2D eigenvalue weighted by molar-refractivity contribution is 6.05. The van der Waals surface area contributed by atoms with Gasteiger partial charge in [0.1, 0.15) is 5.56 Å². The Balaban J connectivity index is 2.14. The average Bonchev–Trinajstić information content (AvgIpc) is 2.55. The van der Waals surface area contributed by atoms with Gasteiger partial charge in [-0.2, -0.15) is 0 Å². The molecule has 23 heavy (non-hydrogen) atoms. The van der Waals surface area contributed by atoms with Crippen molar-refractivity contribution in [3.8, 4) is 0 Å². The van der Waals surface area contributed by atoms with E-state index in [2.05, 4.69) is 35.9 Å². The second kappa shape index (κ2) is 6.57. The second-order valence-electron chi connectivity index (χ2n) is 6.43. The second-order valence-corrected chi connectivity index (χ2v) is 6.43. The van der Waals surface area contributed by atoms with E-state index in [1.807, 2.05) is 13.0 Å². The number of carbonyl (C=O) groups is 1. The molecule has 0 unspecified atom stereocenters. The number of ether oxygens (including phenoxy) is 1. The Morgan fingerprint density at radius 3 is 2.78 bits per heavy atom. The minimum absolute atomic E-state index is 0.281. The predicted octanol–water partition coefficient (Wildman–Crippen LogP) is 3.96. The third-order valence-corrected chi connectivity index (χ3v) is 4.59. The lowest BCUT2D eigenvalue weighted by Gasteiger charge is -2.33. The monoisotopic (exact) mass is 312 g/mol. The number of benzene rings is 1. The maximum Gasteiger partial charge on any atom is 0.341 e. The molecule has 1 aromatic carbocycles. The molecule has 1 fully saturated rings. The average molecular weight is 312 g/mol. The Bertz CT molecular complexity index is 719. The van der Waals surface area contributed by atoms with Crippen LogP contribution in [0.15, 0.2) is 24.4 Å². The first kappa shape index (κ1) is 15.8. The van der Waals surface area contributed by atoms with Crippen molar-refractivity contribution in [2.75, 3.05) is 24.6 Å². The lowest BCUT2D eigenvalue weighted by molar-refractivity contribution is 0.0526. The highest BCUT2D eigenvalue weighted by atomic mass is 16.5. The molecule has 0 atom stereocenters. The highest BCUT2D eigenvalue weighted by Gasteiger charge is 2.24. The molecule has 0 saturated carbocycles. The molecule has 4 heteroatoms. The number of aromatic nitrogens is 1. The van der Waals surface area contributed by atoms with Gasteiger partial charge in [0.05, 0.1) is 17.8 Å². The molecule has 1 saturated heterocycles. The number of piperidine rings is 1. The smallest absolute Gasteiger partial charge is 0.341 e. The van der Waals surface area contributed by atoms with Crippen LogP contribution in [-0.4, -0.2) is 30.6 Å². The van der Waals surface area contributed by atoms with Crippen LogP contribution >= 0.6 is 0 Å². The van der Waals surface area contributed by atoms with Gasteiger partial charge in [-0.15, -0.1) is 0 Å². The molecule has 0 amide bonds. The number of carbonyl (C=O) groups excluding carboxylic acids is 1. The third kappa shape index (κ3) is 3.16. The predicted molar refractivity (Wildman–Crippen MR) is 93.0 cm³/mol. The largest absolute Gasteiger partial charge is 0.462 e. The van der Waals surface area contributed by atoms with E-state index in [1.165, 1.54) is 5.56 Å². The summed E-state index contributed by atoms with van der Waals surface area (Å²) >= 11 is 0. The fourth-order valence-corrected chi connectivity index (χ4v) is 3.22. The van der Waals surface area contributed by atoms with Gasteiger partial charge in [-0.05, 0) is 44.7 Å². The first-order valence-corrected chi connectivity index (χ1v) is 8.41. The zero-order valence-corrected chi connectivity index (χ0v) is 14.1. The first-order valence-electron chi connectivity index (χ1n) is 8.41. The highest BCUT2D eigenvalue weighted by Crippen LogP contribution is 2.33. The molecule has 3 rings (SSSR count). The molecular weight excluding hydrogens is 288 g/mol. The van der Waals surface area contributed by atoms with Crippen LogP contribution in [-0.2, 0) is 4.74 Å². The number of aryl methyl sites for hydroxylation is 1. The fraction of sp³-hybridized carbons (Fsp3) is 0.474. The van der Waals surface area contributed by atoms with E-state index < -0.39 is 0 Å². The first-order chi connectivity index (χ1) is 11.1. The van der Waals surface area contributed by atoms with Crippen molar-refractivity contribution < 1.29 is 9.53 Å². The summed E-state index contributed by atoms with van der Waals surface area (Å²) in [6, 6.07) is 6.20. The molecule has 1 aromatic heterocycles. The zero-order valence-electron chi connectivity index (χ0n) is 14.1. The van der Waals surface area contributed by atoms with Crippen LogP contribution in [0.5, 0.6) is 0 Å². The summed E-state index contributed by atoms with van der Waals surface area (Å²) in [5.41, 5.74) is 3.67. The van der Waals surface area contributed by atoms with Crippen molar-refractivity contribution in [3.63, 3.8) is 0 Å². The number of pyridine rings is 1. The molecule has 0 N–H and O–H groups in total. The van der Waals surface area contributed by atoms with Gasteiger partial charge in [0.25, 0.3) is 0 Å². The van der Waals surface area contributed by atoms with E-state index in [-0.39, 0.29) is 5.97 Å². The summed E-state index contributed by atoms with van der Waals surface area (Å²) < 4.78 is 5.25. The summed E-state index contributed by atoms with van der Waals surface area (Å²) in [5, 5.41) is 1.05. The molecule has 0 radical (unpaired) electrons. The Morgan fingerprint density at radius 1 is 1.35 bits per heavy atom. The molecule has 2 heterocycles. The van der Waals surface area contributed by atoms with Crippen molar-refractivity contribution in [3.05, 3.63) is 35.5 Å². The number of hydrogen-bond acceptors (Lipinski definition) is 4. The van der Waals surface area contributed by atoms with Crippen LogP contribution in [0.2, 0.25) is 0 Å². The number of esters is 1. The van der Waals surface area contributed by atoms with Crippen LogP contribution in [0.25, 0.3) is 10.9 Å². The molecule has 1 aliphatic rings. The number of hydrogen-bond donors (Lipinski definition) is 0. The molecule has 2 aromatic rings. The Morgan fingerprint density at radius 2 is 2.09 bits per heavy atom. The van der Waals surface area contributed by atoms with Crippen LogP contribution in [0.1, 0.15) is 42.6 Å². The van der Waals surface area contributed by atoms with Gasteiger partial charge < -0.3 is 9.64 Å². The van der Waals surface area contributed by atoms with Crippen LogP contribution in [0.4, 0.5) is 5.69 Å². The quantitative estimate of drug-likeness (QED) is 0.805. The van der Waals surface area contributed by atoms with Gasteiger partial charge in [-0.25, -0.2) is 4.79 Å². The normalized spacial score (nSPS) is 15.9. The lowest BCUT2D eigenvalue weighted by Crippen LogP contribution is -2.34. The Hall–Kier alpha value is -2.10. The summed E-state index contributed by atoms with van der Waals surface area (Å²) in [7, 11) is 0. The van der Waals surface area contributed by atoms with Crippen molar-refractivity contribution >= 4 is 22.6 Å². The minimum Gasteiger partial charge on any atom is -0.462 e. The van der Waals surface area contributed by atoms with Gasteiger partial charge in [0.15, 0.2) is 0 Å². The van der Waals surface area contributed by atoms with Crippen LogP contribution in [0.3, 0.4) is 0 Å². The molecule has 0 spiro atoms. The Kier molecular flexibility index (Phi) is 4.51. The van der Waals surface area contributed by atoms with E-state index in [0.717, 1.165) is 48.4 Å². The Labute approximate surface area is 137 Å². The van der Waals surface area contributed by atoms with Gasteiger partial charge in [0, 0.05) is 24.7 Å². The van der Waals surface area contributed by atoms with Crippen molar-refractivity contribution in [2.24, 2.45) is 5.92 Å². The van der Waals surface area contributed by atoms with E-state index in [1.54, 1.807) is 6.20 Å². The number of anilines is 1. The minimum atomic E-state index is -0.281. The van der Waals surface area contributed by atoms with Crippen molar-refractivity contribution in [2.45, 2.75) is 33.6 Å². The van der Waals surface area contributed by atoms with E-state index in [4.69, 9.17) is 4.74 Å². The van der Waals surface area contributed by atoms with Crippen molar-refractivity contribution in [1.29, 1.82) is 0 Å². The van der Waals surface area contributed by atoms with Gasteiger partial charge >= 0.3 is 5.97 Å². The molecule has 1 aliphatic heterocycles. The SMILES string of the molecule is CCOC(=O)c1cnc2ccc(C)cc2c1N1CCC(C)CC1. The molecule has 122 valence electrons. The summed E-state index contributed by atoms with van der Waals surface area (Å²) in [4.78, 5) is 19.2. The molecule has 0 aliphatic carbocycles. The zero-order chi connectivity index (χ0) is 16.4. The fourth-order valence-electron chi connectivity index (χ4n) is 3.22. The van der Waals surface area contributed by atoms with Crippen LogP contribution in [0, 0.1) is 12.8 Å². The van der Waals surface area contributed by atoms with E-state index in [0.29, 0.717) is 12.2 Å². The van der Waals surface area contributed by atoms with E-state index in [9.17, 15) is 4.79 Å². The molecule has 4 nitrogen and oxygen atoms in total. The molecule has 0 bridgehead atoms. The summed E-state index contributed by atoms with van der Waals surface area (Å²) in [5.74, 6) is 0.462. The molecular formula is C19H24N2O2. The summed E-state index contributed by atoms with van der Waals surface area (Å²) in [6.45, 7) is 8.51. The maximum absolute atomic E-state index is 12.4. The number of nitrogens with zero attached hydrogens (tertiary/aromatic N) is 2. The van der Waals surface area contributed by atoms with Gasteiger partial charge in [0.2, 0.25) is 0 Å². The van der Waals surface area contributed by atoms with E-state index >= 15 is 0 Å². The third-order valence-electron chi connectivity index (χ3n) is 4.59. The van der Waals surface area contributed by atoms with Gasteiger partial charge in [-0.1, -0.05) is 18.6 Å². The summed E-state index contributed by atoms with van der Waals surface area (Å²) in [6.07, 6.45) is 3.97. The van der Waals surface area contributed by atoms with Crippen LogP contribution < -0.4 is 4.90 Å². The van der Waals surface area contributed by atoms with Gasteiger partial charge in [-0.3, -0.25) is 4.98 Å². The lowest BCUT2D eigenvalue weighted by atomic mass is 9.97. The number of rotatable bonds is 3. The standard InChI is InChI=1S/C19H24N2O2/c1-4-23-19(22)16-12-20-17-6-5-14(3)11-15(17)18(16)21-9-7-13(2)8-10-21/h5-6,11-13H,4,7-10H2,1-3H3. The maximum atomic E-state index is 12.4. The number of fused-ring (bicyclic) bond motifs is 1. The van der Waals surface area contributed by atoms with Crippen molar-refractivity contribution in [1.82, 2.24) is 4.98 Å². The topological polar surface area (TPSA) is 42.4 Å².